The highest BCUT2D eigenvalue weighted by Crippen LogP contribution is 2.49. The van der Waals surface area contributed by atoms with Crippen LogP contribution in [0.4, 0.5) is 0 Å². The molecular weight excluding hydrogens is 403 g/mol. The van der Waals surface area contributed by atoms with Gasteiger partial charge in [-0.15, -0.1) is 0 Å². The van der Waals surface area contributed by atoms with Gasteiger partial charge in [-0.05, 0) is 41.9 Å². The number of hydrogen-bond acceptors (Lipinski definition) is 2. The van der Waals surface area contributed by atoms with Crippen LogP contribution >= 0.6 is 18.6 Å². The van der Waals surface area contributed by atoms with Crippen molar-refractivity contribution in [3.05, 3.63) is 121 Å². The molecule has 0 atom stereocenters. The smallest absolute Gasteiger partial charge is 0.167 e. The summed E-state index contributed by atoms with van der Waals surface area (Å²) < 4.78 is 0.900. The van der Waals surface area contributed by atoms with Gasteiger partial charge >= 0.3 is 0 Å². The second kappa shape index (κ2) is 9.34. The summed E-state index contributed by atoms with van der Waals surface area (Å²) in [5, 5.41) is 3.57. The van der Waals surface area contributed by atoms with Gasteiger partial charge in [-0.1, -0.05) is 121 Å². The highest BCUT2D eigenvalue weighted by molar-refractivity contribution is 8.27. The molecule has 3 heteroatoms. The van der Waals surface area contributed by atoms with Gasteiger partial charge in [0.25, 0.3) is 0 Å². The molecule has 0 saturated heterocycles. The van der Waals surface area contributed by atoms with Crippen LogP contribution in [0.2, 0.25) is 0 Å². The van der Waals surface area contributed by atoms with Gasteiger partial charge in [-0.25, -0.2) is 0 Å². The maximum atomic E-state index is 13.3. The number of ketones is 1. The van der Waals surface area contributed by atoms with Crippen LogP contribution in [0.25, 0.3) is 0 Å². The molecule has 0 aliphatic heterocycles. The van der Waals surface area contributed by atoms with Crippen LogP contribution in [0.15, 0.2) is 126 Å². The summed E-state index contributed by atoms with van der Waals surface area (Å²) in [6.07, 6.45) is 0. The lowest BCUT2D eigenvalue weighted by molar-refractivity contribution is -0.110. The Balaban J connectivity index is 2.18. The van der Waals surface area contributed by atoms with Crippen LogP contribution in [0, 0.1) is 0 Å². The van der Waals surface area contributed by atoms with Gasteiger partial charge in [0.2, 0.25) is 0 Å². The van der Waals surface area contributed by atoms with Gasteiger partial charge in [-0.3, -0.25) is 4.79 Å². The number of benzene rings is 4. The number of Topliss-reactive ketones (excluding diaryl/α,β-unsaturated/α-hetero) is 1. The van der Waals surface area contributed by atoms with E-state index in [0.29, 0.717) is 0 Å². The van der Waals surface area contributed by atoms with Crippen molar-refractivity contribution in [1.82, 2.24) is 0 Å². The lowest BCUT2D eigenvalue weighted by atomic mass is 10.4. The molecule has 0 bridgehead atoms. The Morgan fingerprint density at radius 3 is 1.23 bits per heavy atom. The van der Waals surface area contributed by atoms with Crippen molar-refractivity contribution in [3.8, 4) is 0 Å². The SMILES string of the molecule is CC(=O)C(Sc1ccccc1)=P(c1ccccc1)(c1ccccc1)c1ccccc1. The molecule has 0 fully saturated rings. The van der Waals surface area contributed by atoms with Crippen LogP contribution in [-0.4, -0.2) is 10.4 Å². The predicted molar refractivity (Wildman–Crippen MR) is 133 cm³/mol. The summed E-state index contributed by atoms with van der Waals surface area (Å²) in [6, 6.07) is 41.7. The van der Waals surface area contributed by atoms with Crippen molar-refractivity contribution in [1.29, 1.82) is 0 Å². The normalized spacial score (nSPS) is 11.1. The zero-order valence-corrected chi connectivity index (χ0v) is 18.5. The molecule has 0 unspecified atom stereocenters. The zero-order chi connectivity index (χ0) is 20.8. The first-order valence-electron chi connectivity index (χ1n) is 9.90. The highest BCUT2D eigenvalue weighted by Gasteiger charge is 2.32. The standard InChI is InChI=1S/C27H23OPS/c1-22(28)27(30-26-20-12-5-13-21-26)29(23-14-6-2-7-15-23,24-16-8-3-9-17-24)25-18-10-4-11-19-25/h2-21H,1H3. The first-order valence-corrected chi connectivity index (χ1v) is 12.5. The minimum Gasteiger partial charge on any atom is -0.294 e. The van der Waals surface area contributed by atoms with E-state index in [2.05, 4.69) is 84.9 Å². The van der Waals surface area contributed by atoms with E-state index in [4.69, 9.17) is 0 Å². The lowest BCUT2D eigenvalue weighted by Crippen LogP contribution is -2.31. The third kappa shape index (κ3) is 3.94. The maximum absolute atomic E-state index is 13.3. The van der Waals surface area contributed by atoms with E-state index in [9.17, 15) is 4.79 Å². The molecule has 30 heavy (non-hydrogen) atoms. The minimum atomic E-state index is -2.35. The van der Waals surface area contributed by atoms with Crippen LogP contribution in [-0.2, 0) is 4.79 Å². The summed E-state index contributed by atoms with van der Waals surface area (Å²) in [7, 11) is 0. The molecule has 4 rings (SSSR count). The molecule has 4 aromatic rings. The fourth-order valence-corrected chi connectivity index (χ4v) is 10.1. The predicted octanol–water partition coefficient (Wildman–Crippen LogP) is 5.49. The summed E-state index contributed by atoms with van der Waals surface area (Å²) in [4.78, 5) is 14.4. The Kier molecular flexibility index (Phi) is 6.38. The number of thioether (sulfide) groups is 1. The molecular formula is C27H23OPS. The fourth-order valence-electron chi connectivity index (χ4n) is 3.73. The van der Waals surface area contributed by atoms with Crippen LogP contribution in [0.3, 0.4) is 0 Å². The molecule has 4 aromatic carbocycles. The second-order valence-corrected chi connectivity index (χ2v) is 11.7. The monoisotopic (exact) mass is 426 g/mol. The van der Waals surface area contributed by atoms with Gasteiger partial charge in [0.15, 0.2) is 5.78 Å². The maximum Gasteiger partial charge on any atom is 0.167 e. The Bertz CT molecular complexity index is 1070. The van der Waals surface area contributed by atoms with E-state index < -0.39 is 6.89 Å². The molecule has 0 saturated carbocycles. The largest absolute Gasteiger partial charge is 0.294 e. The number of hydrogen-bond donors (Lipinski definition) is 0. The van der Waals surface area contributed by atoms with Crippen molar-refractivity contribution in [2.45, 2.75) is 11.8 Å². The van der Waals surface area contributed by atoms with E-state index in [-0.39, 0.29) is 5.78 Å². The van der Waals surface area contributed by atoms with Gasteiger partial charge < -0.3 is 0 Å². The summed E-state index contributed by atoms with van der Waals surface area (Å²) in [6.45, 7) is -0.652. The number of rotatable bonds is 6. The Morgan fingerprint density at radius 2 is 0.900 bits per heavy atom. The molecule has 148 valence electrons. The van der Waals surface area contributed by atoms with Crippen molar-refractivity contribution >= 4 is 45.0 Å². The van der Waals surface area contributed by atoms with Crippen molar-refractivity contribution in [3.63, 3.8) is 0 Å². The average Bonchev–Trinajstić information content (AvgIpc) is 2.82. The van der Waals surface area contributed by atoms with E-state index in [1.807, 2.05) is 36.4 Å². The summed E-state index contributed by atoms with van der Waals surface area (Å²) >= 11 is 1.60. The first-order chi connectivity index (χ1) is 14.7. The quantitative estimate of drug-likeness (QED) is 0.300. The van der Waals surface area contributed by atoms with E-state index in [1.54, 1.807) is 18.7 Å². The van der Waals surface area contributed by atoms with Gasteiger partial charge in [0, 0.05) is 4.90 Å². The van der Waals surface area contributed by atoms with Gasteiger partial charge in [0.1, 0.15) is 0 Å². The molecule has 0 heterocycles. The Labute approximate surface area is 182 Å². The third-order valence-corrected chi connectivity index (χ3v) is 11.2. The molecule has 0 radical (unpaired) electrons. The van der Waals surface area contributed by atoms with Crippen LogP contribution in [0.1, 0.15) is 6.92 Å². The van der Waals surface area contributed by atoms with E-state index >= 15 is 0 Å². The Hall–Kier alpha value is -2.80. The van der Waals surface area contributed by atoms with E-state index in [1.165, 1.54) is 15.9 Å². The third-order valence-electron chi connectivity index (χ3n) is 4.99. The lowest BCUT2D eigenvalue weighted by Gasteiger charge is -2.31. The van der Waals surface area contributed by atoms with Crippen molar-refractivity contribution in [2.24, 2.45) is 0 Å². The zero-order valence-electron chi connectivity index (χ0n) is 16.8. The Morgan fingerprint density at radius 1 is 0.567 bits per heavy atom. The number of carbonyl (C=O) groups is 1. The molecule has 0 aliphatic carbocycles. The van der Waals surface area contributed by atoms with Crippen molar-refractivity contribution < 1.29 is 4.79 Å². The van der Waals surface area contributed by atoms with Crippen LogP contribution < -0.4 is 15.9 Å². The summed E-state index contributed by atoms with van der Waals surface area (Å²) in [5.41, 5.74) is 0. The fraction of sp³-hybridized carbons (Fsp3) is 0.0370. The molecule has 1 nitrogen and oxygen atoms in total. The summed E-state index contributed by atoms with van der Waals surface area (Å²) in [5.74, 6) is 0.119. The van der Waals surface area contributed by atoms with Crippen molar-refractivity contribution in [2.75, 3.05) is 0 Å². The molecule has 0 aromatic heterocycles. The van der Waals surface area contributed by atoms with Gasteiger partial charge in [0.05, 0.1) is 4.63 Å². The molecule has 0 aliphatic rings. The minimum absolute atomic E-state index is 0.119. The average molecular weight is 427 g/mol. The molecule has 0 spiro atoms. The van der Waals surface area contributed by atoms with Crippen LogP contribution in [0.5, 0.6) is 0 Å². The first kappa shape index (κ1) is 20.5. The topological polar surface area (TPSA) is 17.1 Å². The number of carbonyl (C=O) groups excluding carboxylic acids is 1. The second-order valence-electron chi connectivity index (χ2n) is 6.95. The molecule has 0 N–H and O–H groups in total. The van der Waals surface area contributed by atoms with Gasteiger partial charge in [-0.2, -0.15) is 0 Å². The van der Waals surface area contributed by atoms with E-state index in [0.717, 1.165) is 9.52 Å². The molecule has 0 amide bonds. The highest BCUT2D eigenvalue weighted by atomic mass is 32.2.